The number of halogens is 3. The molecule has 4 nitrogen and oxygen atoms in total. The van der Waals surface area contributed by atoms with Gasteiger partial charge in [-0.25, -0.2) is 0 Å². The number of amides is 1. The highest BCUT2D eigenvalue weighted by Gasteiger charge is 2.35. The van der Waals surface area contributed by atoms with E-state index in [1.54, 1.807) is 0 Å². The Morgan fingerprint density at radius 1 is 1.29 bits per heavy atom. The fourth-order valence-corrected chi connectivity index (χ4v) is 2.72. The number of hydrogen-bond acceptors (Lipinski definition) is 3. The first-order valence-corrected chi connectivity index (χ1v) is 6.70. The summed E-state index contributed by atoms with van der Waals surface area (Å²) >= 11 is 0. The van der Waals surface area contributed by atoms with Gasteiger partial charge >= 0.3 is 6.18 Å². The third kappa shape index (κ3) is 3.47. The molecule has 0 aromatic heterocycles. The molecular weight excluding hydrogens is 283 g/mol. The fraction of sp³-hybridized carbons (Fsp3) is 0.500. The Morgan fingerprint density at radius 2 is 1.86 bits per heavy atom. The molecule has 0 spiro atoms. The van der Waals surface area contributed by atoms with Crippen molar-refractivity contribution in [3.8, 4) is 0 Å². The average molecular weight is 301 g/mol. The van der Waals surface area contributed by atoms with Gasteiger partial charge in [-0.2, -0.15) is 13.2 Å². The quantitative estimate of drug-likeness (QED) is 0.878. The molecule has 1 amide bonds. The summed E-state index contributed by atoms with van der Waals surface area (Å²) in [5.41, 5.74) is 3.99. The van der Waals surface area contributed by atoms with Crippen LogP contribution in [0, 0.1) is 0 Å². The lowest BCUT2D eigenvalue weighted by atomic mass is 10.0. The number of primary amides is 1. The van der Waals surface area contributed by atoms with Gasteiger partial charge < -0.3 is 16.0 Å². The van der Waals surface area contributed by atoms with Gasteiger partial charge in [0.2, 0.25) is 5.91 Å². The van der Waals surface area contributed by atoms with E-state index >= 15 is 0 Å². The Labute approximate surface area is 121 Å². The van der Waals surface area contributed by atoms with Crippen LogP contribution in [0.4, 0.5) is 18.9 Å². The summed E-state index contributed by atoms with van der Waals surface area (Å²) in [5, 5.41) is 3.32. The van der Waals surface area contributed by atoms with E-state index in [-0.39, 0.29) is 12.1 Å². The van der Waals surface area contributed by atoms with Gasteiger partial charge in [0.15, 0.2) is 0 Å². The molecule has 1 heterocycles. The summed E-state index contributed by atoms with van der Waals surface area (Å²) in [6, 6.07) is 4.03. The Hall–Kier alpha value is -1.76. The highest BCUT2D eigenvalue weighted by molar-refractivity contribution is 5.95. The zero-order valence-electron chi connectivity index (χ0n) is 11.9. The predicted molar refractivity (Wildman–Crippen MR) is 74.2 cm³/mol. The molecule has 0 saturated carbocycles. The fourth-order valence-electron chi connectivity index (χ4n) is 2.72. The Morgan fingerprint density at radius 3 is 2.33 bits per heavy atom. The van der Waals surface area contributed by atoms with Crippen molar-refractivity contribution < 1.29 is 18.0 Å². The molecule has 1 aliphatic rings. The van der Waals surface area contributed by atoms with Gasteiger partial charge in [0.25, 0.3) is 0 Å². The molecule has 0 bridgehead atoms. The molecule has 0 radical (unpaired) electrons. The standard InChI is InChI=1S/C14H18F3N3O/c1-8-6-20(7-9(2)19-8)10-3-4-11(13(18)21)12(5-10)14(15,16)17/h3-5,8-9,19H,6-7H2,1-2H3,(H2,18,21). The lowest BCUT2D eigenvalue weighted by Gasteiger charge is -2.38. The molecule has 0 aliphatic carbocycles. The number of hydrogen-bond donors (Lipinski definition) is 2. The van der Waals surface area contributed by atoms with Crippen LogP contribution < -0.4 is 16.0 Å². The van der Waals surface area contributed by atoms with Crippen molar-refractivity contribution in [3.05, 3.63) is 29.3 Å². The van der Waals surface area contributed by atoms with Gasteiger partial charge in [0.1, 0.15) is 0 Å². The Bertz CT molecular complexity index is 535. The van der Waals surface area contributed by atoms with Crippen LogP contribution >= 0.6 is 0 Å². The minimum Gasteiger partial charge on any atom is -0.368 e. The number of benzene rings is 1. The smallest absolute Gasteiger partial charge is 0.368 e. The molecule has 1 fully saturated rings. The van der Waals surface area contributed by atoms with Crippen LogP contribution in [-0.2, 0) is 6.18 Å². The third-order valence-electron chi connectivity index (χ3n) is 3.50. The monoisotopic (exact) mass is 301 g/mol. The largest absolute Gasteiger partial charge is 0.417 e. The van der Waals surface area contributed by atoms with E-state index in [1.165, 1.54) is 6.07 Å². The van der Waals surface area contributed by atoms with Crippen LogP contribution in [0.25, 0.3) is 0 Å². The van der Waals surface area contributed by atoms with Gasteiger partial charge in [0, 0.05) is 30.9 Å². The van der Waals surface area contributed by atoms with Crippen LogP contribution in [0.3, 0.4) is 0 Å². The summed E-state index contributed by atoms with van der Waals surface area (Å²) in [6.07, 6.45) is -4.61. The maximum Gasteiger partial charge on any atom is 0.417 e. The van der Waals surface area contributed by atoms with Gasteiger partial charge in [-0.15, -0.1) is 0 Å². The SMILES string of the molecule is CC1CN(c2ccc(C(N)=O)c(C(F)(F)F)c2)CC(C)N1. The zero-order chi connectivity index (χ0) is 15.8. The van der Waals surface area contributed by atoms with E-state index in [1.807, 2.05) is 18.7 Å². The molecule has 2 rings (SSSR count). The van der Waals surface area contributed by atoms with Gasteiger partial charge in [-0.05, 0) is 32.0 Å². The van der Waals surface area contributed by atoms with Crippen LogP contribution in [-0.4, -0.2) is 31.1 Å². The second-order valence-corrected chi connectivity index (χ2v) is 5.47. The van der Waals surface area contributed by atoms with Crippen molar-refractivity contribution in [2.24, 2.45) is 5.73 Å². The van der Waals surface area contributed by atoms with Crippen molar-refractivity contribution >= 4 is 11.6 Å². The minimum atomic E-state index is -4.61. The lowest BCUT2D eigenvalue weighted by molar-refractivity contribution is -0.137. The molecule has 1 aromatic rings. The van der Waals surface area contributed by atoms with Crippen LogP contribution in [0.15, 0.2) is 18.2 Å². The molecular formula is C14H18F3N3O. The number of carbonyl (C=O) groups excluding carboxylic acids is 1. The van der Waals surface area contributed by atoms with E-state index in [9.17, 15) is 18.0 Å². The molecule has 116 valence electrons. The number of alkyl halides is 3. The Kier molecular flexibility index (Phi) is 4.13. The van der Waals surface area contributed by atoms with E-state index in [0.29, 0.717) is 18.8 Å². The summed E-state index contributed by atoms with van der Waals surface area (Å²) in [6.45, 7) is 5.17. The summed E-state index contributed by atoms with van der Waals surface area (Å²) < 4.78 is 39.2. The van der Waals surface area contributed by atoms with Gasteiger partial charge in [-0.1, -0.05) is 0 Å². The topological polar surface area (TPSA) is 58.4 Å². The first-order valence-electron chi connectivity index (χ1n) is 6.70. The van der Waals surface area contributed by atoms with E-state index in [4.69, 9.17) is 5.73 Å². The second kappa shape index (κ2) is 5.55. The lowest BCUT2D eigenvalue weighted by Crippen LogP contribution is -2.54. The Balaban J connectivity index is 2.40. The van der Waals surface area contributed by atoms with Crippen LogP contribution in [0.1, 0.15) is 29.8 Å². The van der Waals surface area contributed by atoms with Crippen molar-refractivity contribution in [3.63, 3.8) is 0 Å². The maximum atomic E-state index is 13.1. The highest BCUT2D eigenvalue weighted by atomic mass is 19.4. The van der Waals surface area contributed by atoms with Crippen molar-refractivity contribution in [1.82, 2.24) is 5.32 Å². The highest BCUT2D eigenvalue weighted by Crippen LogP contribution is 2.34. The average Bonchev–Trinajstić information content (AvgIpc) is 2.35. The first-order chi connectivity index (χ1) is 9.68. The zero-order valence-corrected chi connectivity index (χ0v) is 11.9. The van der Waals surface area contributed by atoms with Gasteiger partial charge in [0.05, 0.1) is 11.1 Å². The van der Waals surface area contributed by atoms with Crippen LogP contribution in [0.5, 0.6) is 0 Å². The van der Waals surface area contributed by atoms with Crippen molar-refractivity contribution in [2.45, 2.75) is 32.1 Å². The minimum absolute atomic E-state index is 0.180. The van der Waals surface area contributed by atoms with Crippen molar-refractivity contribution in [2.75, 3.05) is 18.0 Å². The molecule has 1 aliphatic heterocycles. The van der Waals surface area contributed by atoms with E-state index in [0.717, 1.165) is 12.1 Å². The third-order valence-corrected chi connectivity index (χ3v) is 3.50. The number of nitrogens with one attached hydrogen (secondary N) is 1. The van der Waals surface area contributed by atoms with Crippen molar-refractivity contribution in [1.29, 1.82) is 0 Å². The van der Waals surface area contributed by atoms with E-state index in [2.05, 4.69) is 5.32 Å². The number of nitrogens with zero attached hydrogens (tertiary/aromatic N) is 1. The molecule has 21 heavy (non-hydrogen) atoms. The predicted octanol–water partition coefficient (Wildman–Crippen LogP) is 1.99. The normalized spacial score (nSPS) is 23.2. The molecule has 1 saturated heterocycles. The van der Waals surface area contributed by atoms with Gasteiger partial charge in [-0.3, -0.25) is 4.79 Å². The molecule has 3 N–H and O–H groups in total. The summed E-state index contributed by atoms with van der Waals surface area (Å²) in [7, 11) is 0. The molecule has 2 unspecified atom stereocenters. The van der Waals surface area contributed by atoms with E-state index < -0.39 is 23.2 Å². The summed E-state index contributed by atoms with van der Waals surface area (Å²) in [4.78, 5) is 13.0. The number of anilines is 1. The summed E-state index contributed by atoms with van der Waals surface area (Å²) in [5.74, 6) is -1.07. The molecule has 1 aromatic carbocycles. The number of carbonyl (C=O) groups is 1. The number of nitrogens with two attached hydrogens (primary N) is 1. The maximum absolute atomic E-state index is 13.1. The number of piperazine rings is 1. The first kappa shape index (κ1) is 15.6. The second-order valence-electron chi connectivity index (χ2n) is 5.47. The van der Waals surface area contributed by atoms with Crippen LogP contribution in [0.2, 0.25) is 0 Å². The number of rotatable bonds is 2. The molecule has 2 atom stereocenters. The molecule has 7 heteroatoms.